The summed E-state index contributed by atoms with van der Waals surface area (Å²) in [5.41, 5.74) is 0.787. The van der Waals surface area contributed by atoms with E-state index in [2.05, 4.69) is 5.32 Å². The lowest BCUT2D eigenvalue weighted by molar-refractivity contribution is -0.149. The number of amides is 3. The first-order valence-corrected chi connectivity index (χ1v) is 10.4. The van der Waals surface area contributed by atoms with Crippen LogP contribution in [0.4, 0.5) is 20.6 Å². The lowest BCUT2D eigenvalue weighted by Crippen LogP contribution is -2.56. The Morgan fingerprint density at radius 2 is 1.97 bits per heavy atom. The van der Waals surface area contributed by atoms with E-state index in [1.54, 1.807) is 17.0 Å². The second-order valence-electron chi connectivity index (χ2n) is 8.25. The molecule has 11 heteroatoms. The fourth-order valence-corrected chi connectivity index (χ4v) is 4.36. The molecule has 1 aromatic carbocycles. The number of hydrogen-bond donors (Lipinski definition) is 1. The number of rotatable bonds is 6. The van der Waals surface area contributed by atoms with Gasteiger partial charge >= 0.3 is 12.1 Å². The number of benzene rings is 1. The van der Waals surface area contributed by atoms with Crippen LogP contribution in [0.2, 0.25) is 0 Å². The Hall–Kier alpha value is -3.37. The standard InChI is InChI=1S/C21H25FN4O6/c1-12(27)23-6-16-9-25(21(30)32-16)15-3-4-18(17(22)5-15)26-8-14-7-24(10-19(14)26)20(29)11-31-13(2)28/h3-5,14,16,19H,6-11H2,1-2H3,(H,23,27)/t14-,16+,19-/m1/s1. The van der Waals surface area contributed by atoms with Crippen LogP contribution in [0.15, 0.2) is 18.2 Å². The molecule has 3 aliphatic heterocycles. The van der Waals surface area contributed by atoms with Gasteiger partial charge in [-0.2, -0.15) is 0 Å². The highest BCUT2D eigenvalue weighted by molar-refractivity contribution is 5.90. The van der Waals surface area contributed by atoms with Crippen LogP contribution in [0.1, 0.15) is 13.8 Å². The lowest BCUT2D eigenvalue weighted by atomic mass is 9.91. The van der Waals surface area contributed by atoms with Crippen molar-refractivity contribution < 1.29 is 33.0 Å². The molecule has 0 bridgehead atoms. The Bertz CT molecular complexity index is 956. The molecule has 4 rings (SSSR count). The van der Waals surface area contributed by atoms with Crippen molar-refractivity contribution >= 4 is 35.3 Å². The molecule has 0 saturated carbocycles. The molecule has 3 saturated heterocycles. The second kappa shape index (κ2) is 8.64. The van der Waals surface area contributed by atoms with Gasteiger partial charge in [0.25, 0.3) is 5.91 Å². The van der Waals surface area contributed by atoms with Gasteiger partial charge in [0.1, 0.15) is 11.9 Å². The van der Waals surface area contributed by atoms with E-state index in [1.165, 1.54) is 24.8 Å². The van der Waals surface area contributed by atoms with Crippen molar-refractivity contribution in [3.63, 3.8) is 0 Å². The van der Waals surface area contributed by atoms with Crippen LogP contribution in [0, 0.1) is 11.7 Å². The van der Waals surface area contributed by atoms with Gasteiger partial charge in [0.05, 0.1) is 30.5 Å². The van der Waals surface area contributed by atoms with Crippen LogP contribution in [0.5, 0.6) is 0 Å². The quantitative estimate of drug-likeness (QED) is 0.632. The number of ether oxygens (including phenoxy) is 2. The average Bonchev–Trinajstić information content (AvgIpc) is 3.26. The van der Waals surface area contributed by atoms with E-state index >= 15 is 0 Å². The zero-order valence-electron chi connectivity index (χ0n) is 17.9. The monoisotopic (exact) mass is 448 g/mol. The molecule has 0 unspecified atom stereocenters. The van der Waals surface area contributed by atoms with E-state index in [9.17, 15) is 23.6 Å². The third-order valence-electron chi connectivity index (χ3n) is 5.99. The van der Waals surface area contributed by atoms with E-state index < -0.39 is 24.0 Å². The highest BCUT2D eigenvalue weighted by Gasteiger charge is 2.47. The summed E-state index contributed by atoms with van der Waals surface area (Å²) in [6, 6.07) is 4.57. The first-order chi connectivity index (χ1) is 15.2. The molecule has 10 nitrogen and oxygen atoms in total. The highest BCUT2D eigenvalue weighted by atomic mass is 19.1. The second-order valence-corrected chi connectivity index (χ2v) is 8.25. The average molecular weight is 448 g/mol. The van der Waals surface area contributed by atoms with Gasteiger partial charge in [-0.05, 0) is 18.2 Å². The topological polar surface area (TPSA) is 108 Å². The van der Waals surface area contributed by atoms with E-state index in [1.807, 2.05) is 4.90 Å². The minimum Gasteiger partial charge on any atom is -0.456 e. The van der Waals surface area contributed by atoms with Crippen molar-refractivity contribution in [3.05, 3.63) is 24.0 Å². The molecule has 1 N–H and O–H groups in total. The number of fused-ring (bicyclic) bond motifs is 1. The smallest absolute Gasteiger partial charge is 0.414 e. The van der Waals surface area contributed by atoms with Crippen LogP contribution in [0.3, 0.4) is 0 Å². The van der Waals surface area contributed by atoms with Crippen LogP contribution in [-0.4, -0.2) is 80.3 Å². The number of carbonyl (C=O) groups excluding carboxylic acids is 4. The summed E-state index contributed by atoms with van der Waals surface area (Å²) in [4.78, 5) is 51.2. The number of esters is 1. The maximum absolute atomic E-state index is 15.0. The number of hydrogen-bond acceptors (Lipinski definition) is 7. The summed E-state index contributed by atoms with van der Waals surface area (Å²) in [7, 11) is 0. The Balaban J connectivity index is 1.38. The number of likely N-dealkylation sites (tertiary alicyclic amines) is 1. The Kier molecular flexibility index (Phi) is 5.90. The number of carbonyl (C=O) groups is 4. The molecule has 0 aliphatic carbocycles. The maximum Gasteiger partial charge on any atom is 0.414 e. The van der Waals surface area contributed by atoms with Crippen LogP contribution in [0.25, 0.3) is 0 Å². The molecule has 3 fully saturated rings. The van der Waals surface area contributed by atoms with Gasteiger partial charge in [0.2, 0.25) is 5.91 Å². The third-order valence-corrected chi connectivity index (χ3v) is 5.99. The van der Waals surface area contributed by atoms with Gasteiger partial charge in [-0.1, -0.05) is 0 Å². The molecule has 32 heavy (non-hydrogen) atoms. The largest absolute Gasteiger partial charge is 0.456 e. The van der Waals surface area contributed by atoms with Crippen LogP contribution in [-0.2, 0) is 23.9 Å². The lowest BCUT2D eigenvalue weighted by Gasteiger charge is -2.45. The molecule has 3 aliphatic rings. The van der Waals surface area contributed by atoms with Gasteiger partial charge in [-0.3, -0.25) is 19.3 Å². The Morgan fingerprint density at radius 3 is 2.66 bits per heavy atom. The van der Waals surface area contributed by atoms with Gasteiger partial charge in [0.15, 0.2) is 6.61 Å². The summed E-state index contributed by atoms with van der Waals surface area (Å²) >= 11 is 0. The molecule has 0 aromatic heterocycles. The number of cyclic esters (lactones) is 1. The maximum atomic E-state index is 15.0. The Morgan fingerprint density at radius 1 is 1.19 bits per heavy atom. The molecule has 3 amide bonds. The molecule has 1 aromatic rings. The minimum absolute atomic E-state index is 0.00424. The molecule has 0 radical (unpaired) electrons. The molecule has 3 atom stereocenters. The van der Waals surface area contributed by atoms with Crippen molar-refractivity contribution in [2.24, 2.45) is 5.92 Å². The number of nitrogens with one attached hydrogen (secondary N) is 1. The fraction of sp³-hybridized carbons (Fsp3) is 0.524. The molecular formula is C21H25FN4O6. The number of nitrogens with zero attached hydrogens (tertiary/aromatic N) is 3. The van der Waals surface area contributed by atoms with Crippen molar-refractivity contribution in [2.45, 2.75) is 26.0 Å². The number of anilines is 2. The highest BCUT2D eigenvalue weighted by Crippen LogP contribution is 2.39. The van der Waals surface area contributed by atoms with Gasteiger partial charge in [-0.15, -0.1) is 0 Å². The molecule has 172 valence electrons. The first kappa shape index (κ1) is 21.8. The predicted octanol–water partition coefficient (Wildman–Crippen LogP) is 0.497. The van der Waals surface area contributed by atoms with Crippen molar-refractivity contribution in [1.29, 1.82) is 0 Å². The number of halogens is 1. The third kappa shape index (κ3) is 4.32. The van der Waals surface area contributed by atoms with Gasteiger partial charge in [-0.25, -0.2) is 9.18 Å². The molecular weight excluding hydrogens is 423 g/mol. The van der Waals surface area contributed by atoms with Crippen molar-refractivity contribution in [2.75, 3.05) is 49.1 Å². The molecule has 3 heterocycles. The van der Waals surface area contributed by atoms with Crippen LogP contribution >= 0.6 is 0 Å². The first-order valence-electron chi connectivity index (χ1n) is 10.4. The van der Waals surface area contributed by atoms with E-state index in [4.69, 9.17) is 9.47 Å². The fourth-order valence-electron chi connectivity index (χ4n) is 4.36. The predicted molar refractivity (Wildman–Crippen MR) is 111 cm³/mol. The summed E-state index contributed by atoms with van der Waals surface area (Å²) in [5, 5.41) is 2.60. The molecule has 0 spiro atoms. The zero-order chi connectivity index (χ0) is 23.0. The zero-order valence-corrected chi connectivity index (χ0v) is 17.9. The van der Waals surface area contributed by atoms with Gasteiger partial charge < -0.3 is 24.6 Å². The summed E-state index contributed by atoms with van der Waals surface area (Å²) in [6.07, 6.45) is -1.09. The minimum atomic E-state index is -0.589. The van der Waals surface area contributed by atoms with Crippen LogP contribution < -0.4 is 15.1 Å². The van der Waals surface area contributed by atoms with Crippen molar-refractivity contribution in [3.8, 4) is 0 Å². The summed E-state index contributed by atoms with van der Waals surface area (Å²) < 4.78 is 25.0. The van der Waals surface area contributed by atoms with Crippen molar-refractivity contribution in [1.82, 2.24) is 10.2 Å². The summed E-state index contributed by atoms with van der Waals surface area (Å²) in [5.74, 6) is -1.22. The Labute approximate surface area is 184 Å². The summed E-state index contributed by atoms with van der Waals surface area (Å²) in [6.45, 7) is 4.36. The van der Waals surface area contributed by atoms with E-state index in [-0.39, 0.29) is 43.5 Å². The van der Waals surface area contributed by atoms with E-state index in [0.717, 1.165) is 0 Å². The van der Waals surface area contributed by atoms with E-state index in [0.29, 0.717) is 31.0 Å². The SMILES string of the molecule is CC(=O)NC[C@H]1CN(c2ccc(N3C[C@H]4CN(C(=O)COC(C)=O)C[C@H]43)c(F)c2)C(=O)O1. The normalized spacial score (nSPS) is 24.0. The van der Waals surface area contributed by atoms with Gasteiger partial charge in [0, 0.05) is 39.4 Å².